The SMILES string of the molecule is Cc1ncccc1C(=O)OC1COC(C)(C2CCCC2)O1. The average Bonchev–Trinajstić information content (AvgIpc) is 3.10. The lowest BCUT2D eigenvalue weighted by molar-refractivity contribution is -0.215. The number of aromatic nitrogens is 1. The van der Waals surface area contributed by atoms with Gasteiger partial charge in [0.2, 0.25) is 6.29 Å². The summed E-state index contributed by atoms with van der Waals surface area (Å²) in [6.45, 7) is 4.02. The molecule has 0 spiro atoms. The normalized spacial score (nSPS) is 29.7. The van der Waals surface area contributed by atoms with Crippen molar-refractivity contribution in [3.8, 4) is 0 Å². The Morgan fingerprint density at radius 2 is 2.19 bits per heavy atom. The predicted octanol–water partition coefficient (Wildman–Crippen LogP) is 2.83. The Hall–Kier alpha value is -1.46. The highest BCUT2D eigenvalue weighted by Crippen LogP contribution is 2.40. The van der Waals surface area contributed by atoms with Crippen LogP contribution < -0.4 is 0 Å². The third-order valence-corrected chi connectivity index (χ3v) is 4.43. The Morgan fingerprint density at radius 3 is 2.90 bits per heavy atom. The molecule has 5 heteroatoms. The molecule has 0 amide bonds. The maximum absolute atomic E-state index is 12.2. The number of rotatable bonds is 3. The molecule has 1 aromatic rings. The average molecular weight is 291 g/mol. The fraction of sp³-hybridized carbons (Fsp3) is 0.625. The maximum atomic E-state index is 12.2. The Bertz CT molecular complexity index is 527. The Morgan fingerprint density at radius 1 is 1.43 bits per heavy atom. The van der Waals surface area contributed by atoms with Crippen molar-refractivity contribution in [3.05, 3.63) is 29.6 Å². The summed E-state index contributed by atoms with van der Waals surface area (Å²) in [7, 11) is 0. The number of carbonyl (C=O) groups excluding carboxylic acids is 1. The van der Waals surface area contributed by atoms with Crippen LogP contribution in [0.2, 0.25) is 0 Å². The van der Waals surface area contributed by atoms with Crippen molar-refractivity contribution in [1.82, 2.24) is 4.98 Å². The van der Waals surface area contributed by atoms with Gasteiger partial charge in [-0.25, -0.2) is 4.79 Å². The molecule has 1 saturated carbocycles. The van der Waals surface area contributed by atoms with Crippen LogP contribution in [0.3, 0.4) is 0 Å². The molecule has 3 rings (SSSR count). The maximum Gasteiger partial charge on any atom is 0.342 e. The zero-order valence-electron chi connectivity index (χ0n) is 12.5. The Balaban J connectivity index is 1.62. The van der Waals surface area contributed by atoms with Crippen molar-refractivity contribution < 1.29 is 19.0 Å². The molecular formula is C16H21NO4. The molecule has 0 N–H and O–H groups in total. The number of nitrogens with zero attached hydrogens (tertiary/aromatic N) is 1. The van der Waals surface area contributed by atoms with E-state index in [1.54, 1.807) is 25.3 Å². The summed E-state index contributed by atoms with van der Waals surface area (Å²) in [6.07, 6.45) is 5.66. The molecule has 0 bridgehead atoms. The van der Waals surface area contributed by atoms with E-state index in [0.29, 0.717) is 17.2 Å². The molecule has 1 aliphatic heterocycles. The summed E-state index contributed by atoms with van der Waals surface area (Å²) in [5.74, 6) is -0.642. The number of pyridine rings is 1. The first-order valence-corrected chi connectivity index (χ1v) is 7.53. The van der Waals surface area contributed by atoms with Crippen LogP contribution >= 0.6 is 0 Å². The second-order valence-corrected chi connectivity index (χ2v) is 5.90. The third-order valence-electron chi connectivity index (χ3n) is 4.43. The van der Waals surface area contributed by atoms with Crippen molar-refractivity contribution in [1.29, 1.82) is 0 Å². The van der Waals surface area contributed by atoms with Gasteiger partial charge in [-0.2, -0.15) is 0 Å². The van der Waals surface area contributed by atoms with Crippen LogP contribution in [0, 0.1) is 12.8 Å². The minimum atomic E-state index is -0.636. The highest BCUT2D eigenvalue weighted by atomic mass is 16.8. The van der Waals surface area contributed by atoms with Gasteiger partial charge in [0.1, 0.15) is 6.61 Å². The number of carbonyl (C=O) groups is 1. The molecule has 0 aromatic carbocycles. The number of hydrogen-bond acceptors (Lipinski definition) is 5. The lowest BCUT2D eigenvalue weighted by Crippen LogP contribution is -2.35. The number of hydrogen-bond donors (Lipinski definition) is 0. The minimum Gasteiger partial charge on any atom is -0.429 e. The molecular weight excluding hydrogens is 270 g/mol. The second-order valence-electron chi connectivity index (χ2n) is 5.90. The van der Waals surface area contributed by atoms with Gasteiger partial charge in [-0.3, -0.25) is 4.98 Å². The quantitative estimate of drug-likeness (QED) is 0.801. The Kier molecular flexibility index (Phi) is 3.95. The van der Waals surface area contributed by atoms with Crippen molar-refractivity contribution in [2.45, 2.75) is 51.6 Å². The van der Waals surface area contributed by atoms with Crippen molar-refractivity contribution in [2.24, 2.45) is 5.92 Å². The fourth-order valence-corrected chi connectivity index (χ4v) is 3.17. The van der Waals surface area contributed by atoms with Gasteiger partial charge in [-0.1, -0.05) is 12.8 Å². The van der Waals surface area contributed by atoms with Crippen LogP contribution in [-0.4, -0.2) is 29.6 Å². The first-order chi connectivity index (χ1) is 10.1. The van der Waals surface area contributed by atoms with E-state index >= 15 is 0 Å². The molecule has 1 aliphatic carbocycles. The molecule has 114 valence electrons. The lowest BCUT2D eigenvalue weighted by atomic mass is 9.99. The van der Waals surface area contributed by atoms with Gasteiger partial charge in [-0.15, -0.1) is 0 Å². The molecule has 2 aliphatic rings. The second kappa shape index (κ2) is 5.73. The van der Waals surface area contributed by atoms with E-state index in [0.717, 1.165) is 12.8 Å². The predicted molar refractivity (Wildman–Crippen MR) is 75.6 cm³/mol. The minimum absolute atomic E-state index is 0.290. The topological polar surface area (TPSA) is 57.7 Å². The summed E-state index contributed by atoms with van der Waals surface area (Å²) >= 11 is 0. The molecule has 1 aromatic heterocycles. The zero-order chi connectivity index (χ0) is 14.9. The molecule has 1 saturated heterocycles. The standard InChI is InChI=1S/C16H21NO4/c1-11-13(8-5-9-17-11)15(18)20-14-10-19-16(2,21-14)12-6-3-4-7-12/h5,8-9,12,14H,3-4,6-7,10H2,1-2H3. The van der Waals surface area contributed by atoms with E-state index in [-0.39, 0.29) is 6.61 Å². The molecule has 21 heavy (non-hydrogen) atoms. The summed E-state index contributed by atoms with van der Waals surface area (Å²) in [6, 6.07) is 3.43. The molecule has 5 nitrogen and oxygen atoms in total. The summed E-state index contributed by atoms with van der Waals surface area (Å²) in [4.78, 5) is 16.2. The molecule has 2 unspecified atom stereocenters. The summed E-state index contributed by atoms with van der Waals surface area (Å²) in [5.41, 5.74) is 1.12. The van der Waals surface area contributed by atoms with Crippen molar-refractivity contribution in [2.75, 3.05) is 6.61 Å². The van der Waals surface area contributed by atoms with Crippen molar-refractivity contribution >= 4 is 5.97 Å². The molecule has 0 radical (unpaired) electrons. The van der Waals surface area contributed by atoms with Crippen LogP contribution in [-0.2, 0) is 14.2 Å². The number of esters is 1. The van der Waals surface area contributed by atoms with E-state index in [1.807, 2.05) is 6.92 Å². The molecule has 2 fully saturated rings. The van der Waals surface area contributed by atoms with E-state index < -0.39 is 18.0 Å². The van der Waals surface area contributed by atoms with Gasteiger partial charge in [0.05, 0.1) is 11.3 Å². The first-order valence-electron chi connectivity index (χ1n) is 7.53. The lowest BCUT2D eigenvalue weighted by Gasteiger charge is -2.29. The van der Waals surface area contributed by atoms with Crippen molar-refractivity contribution in [3.63, 3.8) is 0 Å². The van der Waals surface area contributed by atoms with E-state index in [4.69, 9.17) is 14.2 Å². The van der Waals surface area contributed by atoms with E-state index in [9.17, 15) is 4.79 Å². The first kappa shape index (κ1) is 14.5. The van der Waals surface area contributed by atoms with E-state index in [1.165, 1.54) is 12.8 Å². The largest absolute Gasteiger partial charge is 0.429 e. The highest BCUT2D eigenvalue weighted by Gasteiger charge is 2.46. The Labute approximate surface area is 124 Å². The number of ether oxygens (including phenoxy) is 3. The van der Waals surface area contributed by atoms with Crippen LogP contribution in [0.15, 0.2) is 18.3 Å². The van der Waals surface area contributed by atoms with E-state index in [2.05, 4.69) is 4.98 Å². The van der Waals surface area contributed by atoms with Gasteiger partial charge in [0.15, 0.2) is 5.79 Å². The van der Waals surface area contributed by atoms with Crippen LogP contribution in [0.1, 0.15) is 48.7 Å². The third kappa shape index (κ3) is 2.94. The van der Waals surface area contributed by atoms with Crippen LogP contribution in [0.5, 0.6) is 0 Å². The van der Waals surface area contributed by atoms with Crippen LogP contribution in [0.25, 0.3) is 0 Å². The molecule has 2 atom stereocenters. The fourth-order valence-electron chi connectivity index (χ4n) is 3.17. The van der Waals surface area contributed by atoms with Gasteiger partial charge in [0, 0.05) is 12.1 Å². The summed E-state index contributed by atoms with van der Waals surface area (Å²) < 4.78 is 17.1. The van der Waals surface area contributed by atoms with Gasteiger partial charge >= 0.3 is 5.97 Å². The molecule has 2 heterocycles. The van der Waals surface area contributed by atoms with Gasteiger partial charge in [-0.05, 0) is 38.8 Å². The summed E-state index contributed by atoms with van der Waals surface area (Å²) in [5, 5.41) is 0. The highest BCUT2D eigenvalue weighted by molar-refractivity contribution is 5.90. The van der Waals surface area contributed by atoms with Crippen LogP contribution in [0.4, 0.5) is 0 Å². The van der Waals surface area contributed by atoms with Gasteiger partial charge < -0.3 is 14.2 Å². The smallest absolute Gasteiger partial charge is 0.342 e. The monoisotopic (exact) mass is 291 g/mol. The zero-order valence-corrected chi connectivity index (χ0v) is 12.5. The van der Waals surface area contributed by atoms with Gasteiger partial charge in [0.25, 0.3) is 0 Å². The number of aryl methyl sites for hydroxylation is 1.